The molecule has 170 valence electrons. The van der Waals surface area contributed by atoms with Crippen molar-refractivity contribution in [2.75, 3.05) is 25.0 Å². The molecule has 4 heterocycles. The third kappa shape index (κ3) is 4.71. The summed E-state index contributed by atoms with van der Waals surface area (Å²) in [7, 11) is 1.82. The second kappa shape index (κ2) is 9.23. The Morgan fingerprint density at radius 1 is 1.12 bits per heavy atom. The lowest BCUT2D eigenvalue weighted by molar-refractivity contribution is -0.118. The van der Waals surface area contributed by atoms with Crippen LogP contribution in [0.15, 0.2) is 42.7 Å². The number of amides is 1. The van der Waals surface area contributed by atoms with Gasteiger partial charge in [-0.1, -0.05) is 12.1 Å². The zero-order chi connectivity index (χ0) is 22.8. The maximum atomic E-state index is 12.2. The van der Waals surface area contributed by atoms with Crippen molar-refractivity contribution in [1.29, 1.82) is 0 Å². The Morgan fingerprint density at radius 2 is 1.97 bits per heavy atom. The molecule has 8 nitrogen and oxygen atoms in total. The largest absolute Gasteiger partial charge is 0.424 e. The van der Waals surface area contributed by atoms with E-state index in [2.05, 4.69) is 20.9 Å². The zero-order valence-electron chi connectivity index (χ0n) is 19.1. The molecule has 2 aliphatic rings. The number of carbonyl (C=O) groups excluding carboxylic acids is 1. The molecule has 0 saturated carbocycles. The van der Waals surface area contributed by atoms with E-state index in [-0.39, 0.29) is 11.8 Å². The van der Waals surface area contributed by atoms with Gasteiger partial charge in [0, 0.05) is 56.1 Å². The molecule has 2 aliphatic heterocycles. The molecule has 5 rings (SSSR count). The first kappa shape index (κ1) is 21.5. The summed E-state index contributed by atoms with van der Waals surface area (Å²) in [5.74, 6) is 2.76. The van der Waals surface area contributed by atoms with Crippen LogP contribution in [0.5, 0.6) is 11.8 Å². The van der Waals surface area contributed by atoms with Crippen LogP contribution in [0.4, 0.5) is 5.82 Å². The Morgan fingerprint density at radius 3 is 2.82 bits per heavy atom. The first-order chi connectivity index (χ1) is 16.1. The summed E-state index contributed by atoms with van der Waals surface area (Å²) in [6.07, 6.45) is 6.74. The summed E-state index contributed by atoms with van der Waals surface area (Å²) >= 11 is 0. The number of piperidine rings is 1. The topological polar surface area (TPSA) is 84.3 Å². The fourth-order valence-corrected chi connectivity index (χ4v) is 4.69. The second-order valence-corrected chi connectivity index (χ2v) is 8.78. The summed E-state index contributed by atoms with van der Waals surface area (Å²) in [6.45, 7) is 4.79. The van der Waals surface area contributed by atoms with Crippen molar-refractivity contribution in [1.82, 2.24) is 24.8 Å². The van der Waals surface area contributed by atoms with E-state index in [1.165, 1.54) is 5.56 Å². The molecule has 0 spiro atoms. The lowest BCUT2D eigenvalue weighted by atomic mass is 9.95. The number of ether oxygens (including phenoxy) is 1. The van der Waals surface area contributed by atoms with Crippen molar-refractivity contribution in [3.05, 3.63) is 65.4 Å². The van der Waals surface area contributed by atoms with Gasteiger partial charge in [0.25, 0.3) is 0 Å². The average molecular weight is 445 g/mol. The molecule has 3 aromatic rings. The van der Waals surface area contributed by atoms with Gasteiger partial charge in [-0.3, -0.25) is 14.6 Å². The first-order valence-corrected chi connectivity index (χ1v) is 11.5. The standard InChI is InChI=1S/C25H28N6O2/c1-17-21-9-10-22(32)30(2)24(21)29-23(28-17)19-7-4-13-31(16-19)15-18-6-3-8-20(14-18)33-25-26-11-5-12-27-25/h3,5-6,8,11-12,14,19H,4,7,9-10,13,15-16H2,1-2H3. The van der Waals surface area contributed by atoms with E-state index in [0.717, 1.165) is 67.5 Å². The number of fused-ring (bicyclic) bond motifs is 1. The van der Waals surface area contributed by atoms with Crippen LogP contribution < -0.4 is 9.64 Å². The molecule has 8 heteroatoms. The molecular weight excluding hydrogens is 416 g/mol. The summed E-state index contributed by atoms with van der Waals surface area (Å²) in [5, 5.41) is 0. The van der Waals surface area contributed by atoms with Crippen LogP contribution >= 0.6 is 0 Å². The van der Waals surface area contributed by atoms with Crippen molar-refractivity contribution in [2.24, 2.45) is 0 Å². The zero-order valence-corrected chi connectivity index (χ0v) is 19.1. The van der Waals surface area contributed by atoms with Gasteiger partial charge in [0.05, 0.1) is 0 Å². The van der Waals surface area contributed by atoms with Crippen molar-refractivity contribution in [3.8, 4) is 11.8 Å². The van der Waals surface area contributed by atoms with E-state index in [1.807, 2.05) is 32.2 Å². The number of aromatic nitrogens is 4. The summed E-state index contributed by atoms with van der Waals surface area (Å²) in [5.41, 5.74) is 3.28. The fraction of sp³-hybridized carbons (Fsp3) is 0.400. The van der Waals surface area contributed by atoms with Crippen molar-refractivity contribution < 1.29 is 9.53 Å². The number of likely N-dealkylation sites (tertiary alicyclic amines) is 1. The molecule has 0 radical (unpaired) electrons. The van der Waals surface area contributed by atoms with E-state index < -0.39 is 0 Å². The maximum Gasteiger partial charge on any atom is 0.321 e. The van der Waals surface area contributed by atoms with Gasteiger partial charge >= 0.3 is 6.01 Å². The molecule has 0 bridgehead atoms. The highest BCUT2D eigenvalue weighted by molar-refractivity contribution is 5.94. The van der Waals surface area contributed by atoms with Crippen LogP contribution in [-0.2, 0) is 17.8 Å². The van der Waals surface area contributed by atoms with Crippen molar-refractivity contribution in [2.45, 2.75) is 45.1 Å². The maximum absolute atomic E-state index is 12.2. The molecular formula is C25H28N6O2. The van der Waals surface area contributed by atoms with Crippen LogP contribution in [0, 0.1) is 6.92 Å². The molecule has 1 amide bonds. The van der Waals surface area contributed by atoms with Crippen LogP contribution in [-0.4, -0.2) is 50.9 Å². The van der Waals surface area contributed by atoms with E-state index in [0.29, 0.717) is 12.4 Å². The highest BCUT2D eigenvalue weighted by atomic mass is 16.5. The Hall–Kier alpha value is -3.39. The third-order valence-corrected chi connectivity index (χ3v) is 6.42. The van der Waals surface area contributed by atoms with Crippen LogP contribution in [0.3, 0.4) is 0 Å². The van der Waals surface area contributed by atoms with Gasteiger partial charge in [-0.15, -0.1) is 0 Å². The minimum atomic E-state index is 0.125. The van der Waals surface area contributed by atoms with E-state index >= 15 is 0 Å². The average Bonchev–Trinajstić information content (AvgIpc) is 2.83. The quantitative estimate of drug-likeness (QED) is 0.594. The highest BCUT2D eigenvalue weighted by Crippen LogP contribution is 2.32. The van der Waals surface area contributed by atoms with Crippen molar-refractivity contribution in [3.63, 3.8) is 0 Å². The monoisotopic (exact) mass is 444 g/mol. The van der Waals surface area contributed by atoms with Crippen LogP contribution in [0.25, 0.3) is 0 Å². The van der Waals surface area contributed by atoms with Gasteiger partial charge < -0.3 is 4.74 Å². The van der Waals surface area contributed by atoms with Gasteiger partial charge in [0.1, 0.15) is 17.4 Å². The minimum absolute atomic E-state index is 0.125. The molecule has 0 aliphatic carbocycles. The number of rotatable bonds is 5. The predicted octanol–water partition coefficient (Wildman–Crippen LogP) is 3.66. The number of benzene rings is 1. The Balaban J connectivity index is 1.30. The smallest absolute Gasteiger partial charge is 0.321 e. The van der Waals surface area contributed by atoms with Crippen molar-refractivity contribution >= 4 is 11.7 Å². The molecule has 1 atom stereocenters. The van der Waals surface area contributed by atoms with Gasteiger partial charge in [0.15, 0.2) is 0 Å². The number of anilines is 1. The number of hydrogen-bond donors (Lipinski definition) is 0. The van der Waals surface area contributed by atoms with E-state index in [1.54, 1.807) is 23.4 Å². The normalized spacial score (nSPS) is 18.8. The molecule has 1 saturated heterocycles. The SMILES string of the molecule is Cc1nc(C2CCCN(Cc3cccc(Oc4ncccn4)c3)C2)nc2c1CCC(=O)N2C. The van der Waals surface area contributed by atoms with Crippen LogP contribution in [0.2, 0.25) is 0 Å². The molecule has 1 aromatic carbocycles. The Kier molecular flexibility index (Phi) is 6.00. The molecule has 33 heavy (non-hydrogen) atoms. The van der Waals surface area contributed by atoms with Gasteiger partial charge in [-0.25, -0.2) is 19.9 Å². The summed E-state index contributed by atoms with van der Waals surface area (Å²) in [6, 6.07) is 10.2. The Bertz CT molecular complexity index is 1150. The molecule has 1 unspecified atom stereocenters. The minimum Gasteiger partial charge on any atom is -0.424 e. The Labute approximate surface area is 193 Å². The fourth-order valence-electron chi connectivity index (χ4n) is 4.69. The molecule has 2 aromatic heterocycles. The second-order valence-electron chi connectivity index (χ2n) is 8.78. The van der Waals surface area contributed by atoms with Gasteiger partial charge in [0.2, 0.25) is 5.91 Å². The van der Waals surface area contributed by atoms with Crippen LogP contribution in [0.1, 0.15) is 47.8 Å². The number of nitrogens with zero attached hydrogens (tertiary/aromatic N) is 6. The third-order valence-electron chi connectivity index (χ3n) is 6.42. The summed E-state index contributed by atoms with van der Waals surface area (Å²) in [4.78, 5) is 34.3. The van der Waals surface area contributed by atoms with Gasteiger partial charge in [-0.2, -0.15) is 0 Å². The molecule has 0 N–H and O–H groups in total. The predicted molar refractivity (Wildman–Crippen MR) is 124 cm³/mol. The van der Waals surface area contributed by atoms with E-state index in [9.17, 15) is 4.79 Å². The van der Waals surface area contributed by atoms with Gasteiger partial charge in [-0.05, 0) is 56.5 Å². The number of hydrogen-bond acceptors (Lipinski definition) is 7. The highest BCUT2D eigenvalue weighted by Gasteiger charge is 2.29. The first-order valence-electron chi connectivity index (χ1n) is 11.5. The molecule has 1 fully saturated rings. The lowest BCUT2D eigenvalue weighted by Crippen LogP contribution is -2.36. The summed E-state index contributed by atoms with van der Waals surface area (Å²) < 4.78 is 5.79. The number of aryl methyl sites for hydroxylation is 1. The lowest BCUT2D eigenvalue weighted by Gasteiger charge is -2.33. The number of carbonyl (C=O) groups is 1. The van der Waals surface area contributed by atoms with E-state index in [4.69, 9.17) is 14.7 Å².